The maximum atomic E-state index is 9.00. The lowest BCUT2D eigenvalue weighted by Crippen LogP contribution is -2.15. The lowest BCUT2D eigenvalue weighted by atomic mass is 10.2. The molecule has 0 amide bonds. The Morgan fingerprint density at radius 2 is 2.05 bits per heavy atom. The Balaban J connectivity index is 1.74. The predicted octanol–water partition coefficient (Wildman–Crippen LogP) is 2.34. The number of pyridine rings is 1. The first-order valence-corrected chi connectivity index (χ1v) is 6.34. The predicted molar refractivity (Wildman–Crippen MR) is 73.7 cm³/mol. The number of nitrogens with zero attached hydrogens (tertiary/aromatic N) is 2. The molecule has 0 bridgehead atoms. The molecule has 1 N–H and O–H groups in total. The van der Waals surface area contributed by atoms with Crippen molar-refractivity contribution in [3.63, 3.8) is 0 Å². The molecule has 5 nitrogen and oxygen atoms in total. The maximum Gasteiger partial charge on any atom is 0.163 e. The van der Waals surface area contributed by atoms with E-state index in [2.05, 4.69) is 16.4 Å². The molecular weight excluding hydrogens is 254 g/mol. The minimum atomic E-state index is 0.442. The van der Waals surface area contributed by atoms with E-state index in [1.165, 1.54) is 0 Å². The molecule has 0 saturated heterocycles. The van der Waals surface area contributed by atoms with Crippen molar-refractivity contribution in [2.75, 3.05) is 18.5 Å². The van der Waals surface area contributed by atoms with Crippen LogP contribution < -0.4 is 14.8 Å². The van der Waals surface area contributed by atoms with Gasteiger partial charge in [0.2, 0.25) is 0 Å². The van der Waals surface area contributed by atoms with Crippen molar-refractivity contribution in [2.45, 2.75) is 6.54 Å². The van der Waals surface area contributed by atoms with Crippen LogP contribution in [0.5, 0.6) is 11.5 Å². The molecule has 2 heterocycles. The molecule has 100 valence electrons. The van der Waals surface area contributed by atoms with Crippen LogP contribution in [0.25, 0.3) is 0 Å². The molecule has 3 rings (SSSR count). The van der Waals surface area contributed by atoms with Crippen molar-refractivity contribution in [3.05, 3.63) is 47.8 Å². The number of hydrogen-bond donors (Lipinski definition) is 1. The molecule has 0 radical (unpaired) electrons. The first-order chi connectivity index (χ1) is 9.86. The average molecular weight is 267 g/mol. The lowest BCUT2D eigenvalue weighted by Gasteiger charge is -2.19. The van der Waals surface area contributed by atoms with Gasteiger partial charge in [0.25, 0.3) is 0 Å². The first kappa shape index (κ1) is 12.3. The van der Waals surface area contributed by atoms with Gasteiger partial charge >= 0.3 is 0 Å². The molecule has 1 aromatic carbocycles. The summed E-state index contributed by atoms with van der Waals surface area (Å²) in [5.41, 5.74) is 2.23. The molecule has 1 aliphatic rings. The fourth-order valence-electron chi connectivity index (χ4n) is 2.03. The van der Waals surface area contributed by atoms with Crippen LogP contribution in [0, 0.1) is 11.3 Å². The SMILES string of the molecule is N#Cc1ncccc1CNc1ccc2c(c1)OCCO2. The number of aromatic nitrogens is 1. The smallest absolute Gasteiger partial charge is 0.163 e. The number of ether oxygens (including phenoxy) is 2. The van der Waals surface area contributed by atoms with Gasteiger partial charge in [-0.05, 0) is 18.2 Å². The fraction of sp³-hybridized carbons (Fsp3) is 0.200. The third-order valence-electron chi connectivity index (χ3n) is 3.02. The highest BCUT2D eigenvalue weighted by atomic mass is 16.6. The lowest BCUT2D eigenvalue weighted by molar-refractivity contribution is 0.171. The fourth-order valence-corrected chi connectivity index (χ4v) is 2.03. The highest BCUT2D eigenvalue weighted by Gasteiger charge is 2.11. The normalized spacial score (nSPS) is 12.6. The number of benzene rings is 1. The average Bonchev–Trinajstić information content (AvgIpc) is 2.53. The van der Waals surface area contributed by atoms with Crippen molar-refractivity contribution in [3.8, 4) is 17.6 Å². The summed E-state index contributed by atoms with van der Waals surface area (Å²) < 4.78 is 11.0. The van der Waals surface area contributed by atoms with Crippen LogP contribution in [0.3, 0.4) is 0 Å². The zero-order valence-electron chi connectivity index (χ0n) is 10.8. The Morgan fingerprint density at radius 1 is 1.20 bits per heavy atom. The van der Waals surface area contributed by atoms with Gasteiger partial charge in [-0.3, -0.25) is 0 Å². The van der Waals surface area contributed by atoms with Crippen molar-refractivity contribution in [1.82, 2.24) is 4.98 Å². The van der Waals surface area contributed by atoms with Crippen LogP contribution >= 0.6 is 0 Å². The van der Waals surface area contributed by atoms with Gasteiger partial charge in [-0.25, -0.2) is 4.98 Å². The van der Waals surface area contributed by atoms with E-state index in [4.69, 9.17) is 14.7 Å². The topological polar surface area (TPSA) is 67.2 Å². The molecule has 0 fully saturated rings. The largest absolute Gasteiger partial charge is 0.486 e. The van der Waals surface area contributed by atoms with Gasteiger partial charge < -0.3 is 14.8 Å². The second-order valence-corrected chi connectivity index (χ2v) is 4.33. The molecule has 1 aliphatic heterocycles. The molecule has 2 aromatic rings. The Morgan fingerprint density at radius 3 is 2.90 bits per heavy atom. The summed E-state index contributed by atoms with van der Waals surface area (Å²) in [4.78, 5) is 4.03. The molecular formula is C15H13N3O2. The summed E-state index contributed by atoms with van der Waals surface area (Å²) in [7, 11) is 0. The van der Waals surface area contributed by atoms with E-state index in [-0.39, 0.29) is 0 Å². The van der Waals surface area contributed by atoms with Gasteiger partial charge in [0.1, 0.15) is 25.0 Å². The van der Waals surface area contributed by atoms with E-state index >= 15 is 0 Å². The molecule has 0 aliphatic carbocycles. The van der Waals surface area contributed by atoms with Crippen LogP contribution in [-0.4, -0.2) is 18.2 Å². The second-order valence-electron chi connectivity index (χ2n) is 4.33. The molecule has 0 atom stereocenters. The monoisotopic (exact) mass is 267 g/mol. The van der Waals surface area contributed by atoms with Crippen molar-refractivity contribution >= 4 is 5.69 Å². The van der Waals surface area contributed by atoms with Gasteiger partial charge in [0.05, 0.1) is 0 Å². The van der Waals surface area contributed by atoms with Gasteiger partial charge in [-0.1, -0.05) is 6.07 Å². The molecule has 0 unspecified atom stereocenters. The number of hydrogen-bond acceptors (Lipinski definition) is 5. The minimum Gasteiger partial charge on any atom is -0.486 e. The second kappa shape index (κ2) is 5.49. The van der Waals surface area contributed by atoms with Crippen LogP contribution in [0.15, 0.2) is 36.5 Å². The number of nitrogens with one attached hydrogen (secondary N) is 1. The number of anilines is 1. The van der Waals surface area contributed by atoms with Crippen LogP contribution in [0.2, 0.25) is 0 Å². The summed E-state index contributed by atoms with van der Waals surface area (Å²) in [6.45, 7) is 1.69. The Labute approximate surface area is 116 Å². The zero-order chi connectivity index (χ0) is 13.8. The zero-order valence-corrected chi connectivity index (χ0v) is 10.8. The highest BCUT2D eigenvalue weighted by Crippen LogP contribution is 2.32. The Kier molecular flexibility index (Phi) is 3.38. The third kappa shape index (κ3) is 2.50. The highest BCUT2D eigenvalue weighted by molar-refractivity contribution is 5.55. The summed E-state index contributed by atoms with van der Waals surface area (Å²) in [6.07, 6.45) is 1.62. The summed E-state index contributed by atoms with van der Waals surface area (Å²) in [6, 6.07) is 11.5. The maximum absolute atomic E-state index is 9.00. The molecule has 0 spiro atoms. The van der Waals surface area contributed by atoms with E-state index in [0.29, 0.717) is 25.5 Å². The number of fused-ring (bicyclic) bond motifs is 1. The Bertz CT molecular complexity index is 664. The van der Waals surface area contributed by atoms with Gasteiger partial charge in [-0.2, -0.15) is 5.26 Å². The van der Waals surface area contributed by atoms with Gasteiger partial charge in [-0.15, -0.1) is 0 Å². The third-order valence-corrected chi connectivity index (χ3v) is 3.02. The van der Waals surface area contributed by atoms with Crippen LogP contribution in [0.4, 0.5) is 5.69 Å². The van der Waals surface area contributed by atoms with Crippen LogP contribution in [-0.2, 0) is 6.54 Å². The summed E-state index contributed by atoms with van der Waals surface area (Å²) in [5.74, 6) is 1.51. The molecule has 5 heteroatoms. The van der Waals surface area contributed by atoms with E-state index < -0.39 is 0 Å². The van der Waals surface area contributed by atoms with Gasteiger partial charge in [0.15, 0.2) is 11.5 Å². The van der Waals surface area contributed by atoms with E-state index in [0.717, 1.165) is 22.7 Å². The van der Waals surface area contributed by atoms with E-state index in [1.807, 2.05) is 30.3 Å². The first-order valence-electron chi connectivity index (χ1n) is 6.34. The minimum absolute atomic E-state index is 0.442. The summed E-state index contributed by atoms with van der Waals surface area (Å²) in [5, 5.41) is 12.3. The molecule has 20 heavy (non-hydrogen) atoms. The van der Waals surface area contributed by atoms with Gasteiger partial charge in [0, 0.05) is 30.1 Å². The number of nitriles is 1. The quantitative estimate of drug-likeness (QED) is 0.924. The standard InChI is InChI=1S/C15H13N3O2/c16-9-13-11(2-1-5-17-13)10-18-12-3-4-14-15(8-12)20-7-6-19-14/h1-5,8,18H,6-7,10H2. The summed E-state index contributed by atoms with van der Waals surface area (Å²) >= 11 is 0. The molecule has 1 aromatic heterocycles. The van der Waals surface area contributed by atoms with E-state index in [9.17, 15) is 0 Å². The van der Waals surface area contributed by atoms with Crippen LogP contribution in [0.1, 0.15) is 11.3 Å². The Hall–Kier alpha value is -2.74. The number of rotatable bonds is 3. The van der Waals surface area contributed by atoms with Crippen molar-refractivity contribution < 1.29 is 9.47 Å². The molecule has 0 saturated carbocycles. The van der Waals surface area contributed by atoms with Crippen molar-refractivity contribution in [1.29, 1.82) is 5.26 Å². The van der Waals surface area contributed by atoms with E-state index in [1.54, 1.807) is 6.20 Å². The van der Waals surface area contributed by atoms with Crippen molar-refractivity contribution in [2.24, 2.45) is 0 Å².